The second-order valence-electron chi connectivity index (χ2n) is 3.95. The Kier molecular flexibility index (Phi) is 3.18. The number of aromatic carboxylic acids is 1. The van der Waals surface area contributed by atoms with Crippen LogP contribution in [-0.2, 0) is 6.54 Å². The van der Waals surface area contributed by atoms with E-state index in [0.717, 1.165) is 5.57 Å². The molecule has 0 radical (unpaired) electrons. The summed E-state index contributed by atoms with van der Waals surface area (Å²) >= 11 is 0. The molecule has 0 saturated carbocycles. The van der Waals surface area contributed by atoms with Crippen LogP contribution in [0.3, 0.4) is 0 Å². The van der Waals surface area contributed by atoms with Crippen LogP contribution in [0.25, 0.3) is 11.3 Å². The maximum absolute atomic E-state index is 11.1. The highest BCUT2D eigenvalue weighted by atomic mass is 16.4. The lowest BCUT2D eigenvalue weighted by molar-refractivity contribution is 0.0691. The lowest BCUT2D eigenvalue weighted by Gasteiger charge is -2.06. The smallest absolute Gasteiger partial charge is 0.358 e. The third-order valence-corrected chi connectivity index (χ3v) is 2.29. The normalized spacial score (nSPS) is 10.3. The Morgan fingerprint density at radius 3 is 2.89 bits per heavy atom. The summed E-state index contributed by atoms with van der Waals surface area (Å²) in [5.74, 6) is -1.11. The van der Waals surface area contributed by atoms with Gasteiger partial charge in [-0.05, 0) is 19.1 Å². The fourth-order valence-corrected chi connectivity index (χ4v) is 1.61. The van der Waals surface area contributed by atoms with Crippen LogP contribution in [0.5, 0.6) is 0 Å². The highest BCUT2D eigenvalue weighted by molar-refractivity contribution is 5.92. The number of rotatable bonds is 4. The number of carboxylic acid groups (broad SMARTS) is 1. The van der Waals surface area contributed by atoms with E-state index in [1.54, 1.807) is 24.5 Å². The Labute approximate surface area is 104 Å². The molecule has 92 valence electrons. The maximum atomic E-state index is 11.1. The van der Waals surface area contributed by atoms with Crippen LogP contribution in [-0.4, -0.2) is 31.1 Å². The maximum Gasteiger partial charge on any atom is 0.358 e. The van der Waals surface area contributed by atoms with E-state index in [1.165, 1.54) is 4.68 Å². The second kappa shape index (κ2) is 4.79. The number of nitrogens with zero attached hydrogens (tertiary/aromatic N) is 4. The zero-order chi connectivity index (χ0) is 13.1. The van der Waals surface area contributed by atoms with Crippen LogP contribution in [0.1, 0.15) is 17.4 Å². The highest BCUT2D eigenvalue weighted by Gasteiger charge is 2.20. The summed E-state index contributed by atoms with van der Waals surface area (Å²) in [5, 5.41) is 16.7. The zero-order valence-corrected chi connectivity index (χ0v) is 9.87. The molecule has 2 rings (SSSR count). The first-order valence-electron chi connectivity index (χ1n) is 5.31. The van der Waals surface area contributed by atoms with Gasteiger partial charge in [0.1, 0.15) is 5.69 Å². The molecule has 0 aromatic carbocycles. The number of hydrogen-bond acceptors (Lipinski definition) is 4. The van der Waals surface area contributed by atoms with Gasteiger partial charge in [0, 0.05) is 18.0 Å². The molecule has 2 aromatic heterocycles. The molecule has 18 heavy (non-hydrogen) atoms. The van der Waals surface area contributed by atoms with Gasteiger partial charge in [-0.2, -0.15) is 0 Å². The van der Waals surface area contributed by atoms with Gasteiger partial charge in [-0.15, -0.1) is 5.10 Å². The lowest BCUT2D eigenvalue weighted by atomic mass is 10.1. The molecule has 0 unspecified atom stereocenters. The SMILES string of the molecule is C=C(C)Cn1nnc(C(=O)O)c1-c1cccnc1. The van der Waals surface area contributed by atoms with E-state index in [-0.39, 0.29) is 5.69 Å². The van der Waals surface area contributed by atoms with Gasteiger partial charge in [-0.25, -0.2) is 9.48 Å². The van der Waals surface area contributed by atoms with Gasteiger partial charge in [0.15, 0.2) is 5.69 Å². The summed E-state index contributed by atoms with van der Waals surface area (Å²) in [6.07, 6.45) is 3.21. The predicted molar refractivity (Wildman–Crippen MR) is 65.0 cm³/mol. The zero-order valence-electron chi connectivity index (χ0n) is 9.87. The topological polar surface area (TPSA) is 80.9 Å². The molecular weight excluding hydrogens is 232 g/mol. The van der Waals surface area contributed by atoms with Crippen molar-refractivity contribution < 1.29 is 9.90 Å². The fourth-order valence-electron chi connectivity index (χ4n) is 1.61. The van der Waals surface area contributed by atoms with Crippen LogP contribution in [0, 0.1) is 0 Å². The number of pyridine rings is 1. The highest BCUT2D eigenvalue weighted by Crippen LogP contribution is 2.21. The average Bonchev–Trinajstić information content (AvgIpc) is 2.73. The minimum atomic E-state index is -1.11. The third kappa shape index (κ3) is 2.27. The van der Waals surface area contributed by atoms with Gasteiger partial charge in [0.25, 0.3) is 0 Å². The molecule has 0 atom stereocenters. The van der Waals surface area contributed by atoms with Crippen molar-refractivity contribution in [2.75, 3.05) is 0 Å². The van der Waals surface area contributed by atoms with Gasteiger partial charge in [0.05, 0.1) is 6.54 Å². The molecule has 0 aliphatic heterocycles. The number of allylic oxidation sites excluding steroid dienone is 1. The Balaban J connectivity index is 2.57. The first kappa shape index (κ1) is 12.0. The number of carboxylic acids is 1. The van der Waals surface area contributed by atoms with Gasteiger partial charge < -0.3 is 5.11 Å². The molecule has 6 nitrogen and oxygen atoms in total. The minimum Gasteiger partial charge on any atom is -0.476 e. The quantitative estimate of drug-likeness (QED) is 0.826. The fraction of sp³-hybridized carbons (Fsp3) is 0.167. The molecule has 0 aliphatic carbocycles. The summed E-state index contributed by atoms with van der Waals surface area (Å²) in [6.45, 7) is 6.05. The van der Waals surface area contributed by atoms with Crippen molar-refractivity contribution in [2.24, 2.45) is 0 Å². The molecule has 6 heteroatoms. The van der Waals surface area contributed by atoms with Crippen LogP contribution >= 0.6 is 0 Å². The first-order chi connectivity index (χ1) is 8.59. The van der Waals surface area contributed by atoms with Crippen LogP contribution in [0.15, 0.2) is 36.7 Å². The molecular formula is C12H12N4O2. The lowest BCUT2D eigenvalue weighted by Crippen LogP contribution is -2.05. The van der Waals surface area contributed by atoms with Crippen molar-refractivity contribution in [3.05, 3.63) is 42.4 Å². The van der Waals surface area contributed by atoms with Gasteiger partial charge in [0.2, 0.25) is 0 Å². The van der Waals surface area contributed by atoms with Crippen LogP contribution in [0.4, 0.5) is 0 Å². The Morgan fingerprint density at radius 1 is 1.56 bits per heavy atom. The Morgan fingerprint density at radius 2 is 2.33 bits per heavy atom. The summed E-state index contributed by atoms with van der Waals surface area (Å²) in [4.78, 5) is 15.1. The molecule has 2 heterocycles. The van der Waals surface area contributed by atoms with E-state index < -0.39 is 5.97 Å². The summed E-state index contributed by atoms with van der Waals surface area (Å²) in [5.41, 5.74) is 1.89. The van der Waals surface area contributed by atoms with Crippen molar-refractivity contribution in [3.63, 3.8) is 0 Å². The molecule has 0 fully saturated rings. The summed E-state index contributed by atoms with van der Waals surface area (Å²) in [6, 6.07) is 3.51. The van der Waals surface area contributed by atoms with Crippen LogP contribution in [0.2, 0.25) is 0 Å². The average molecular weight is 244 g/mol. The second-order valence-corrected chi connectivity index (χ2v) is 3.95. The largest absolute Gasteiger partial charge is 0.476 e. The van der Waals surface area contributed by atoms with Crippen molar-refractivity contribution >= 4 is 5.97 Å². The molecule has 0 amide bonds. The van der Waals surface area contributed by atoms with E-state index in [9.17, 15) is 4.79 Å². The van der Waals surface area contributed by atoms with Crippen molar-refractivity contribution in [1.82, 2.24) is 20.0 Å². The monoisotopic (exact) mass is 244 g/mol. The third-order valence-electron chi connectivity index (χ3n) is 2.29. The van der Waals surface area contributed by atoms with Gasteiger partial charge in [-0.3, -0.25) is 4.98 Å². The number of carbonyl (C=O) groups is 1. The van der Waals surface area contributed by atoms with Crippen molar-refractivity contribution in [3.8, 4) is 11.3 Å². The standard InChI is InChI=1S/C12H12N4O2/c1-8(2)7-16-11(9-4-3-5-13-6-9)10(12(17)18)14-15-16/h3-6H,1,7H2,2H3,(H,17,18). The summed E-state index contributed by atoms with van der Waals surface area (Å²) < 4.78 is 1.52. The molecule has 0 spiro atoms. The minimum absolute atomic E-state index is 0.0794. The van der Waals surface area contributed by atoms with E-state index in [0.29, 0.717) is 17.8 Å². The van der Waals surface area contributed by atoms with E-state index in [1.807, 2.05) is 6.92 Å². The summed E-state index contributed by atoms with van der Waals surface area (Å²) in [7, 11) is 0. The Hall–Kier alpha value is -2.50. The van der Waals surface area contributed by atoms with E-state index in [4.69, 9.17) is 5.11 Å². The van der Waals surface area contributed by atoms with Gasteiger partial charge >= 0.3 is 5.97 Å². The molecule has 0 saturated heterocycles. The molecule has 0 bridgehead atoms. The molecule has 1 N–H and O–H groups in total. The van der Waals surface area contributed by atoms with E-state index in [2.05, 4.69) is 21.9 Å². The van der Waals surface area contributed by atoms with Crippen molar-refractivity contribution in [1.29, 1.82) is 0 Å². The Bertz CT molecular complexity index is 589. The number of aromatic nitrogens is 4. The number of hydrogen-bond donors (Lipinski definition) is 1. The molecule has 2 aromatic rings. The van der Waals surface area contributed by atoms with E-state index >= 15 is 0 Å². The van der Waals surface area contributed by atoms with Gasteiger partial charge in [-0.1, -0.05) is 17.4 Å². The first-order valence-corrected chi connectivity index (χ1v) is 5.31. The van der Waals surface area contributed by atoms with Crippen LogP contribution < -0.4 is 0 Å². The predicted octanol–water partition coefficient (Wildman–Crippen LogP) is 1.61. The molecule has 0 aliphatic rings. The van der Waals surface area contributed by atoms with Crippen molar-refractivity contribution in [2.45, 2.75) is 13.5 Å².